The van der Waals surface area contributed by atoms with E-state index in [0.717, 1.165) is 51.4 Å². The van der Waals surface area contributed by atoms with Crippen LogP contribution in [0.2, 0.25) is 0 Å². The zero-order valence-electron chi connectivity index (χ0n) is 14.5. The van der Waals surface area contributed by atoms with Gasteiger partial charge in [0.15, 0.2) is 5.78 Å². The number of unbranched alkanes of at least 4 members (excludes halogenated alkanes) is 8. The second-order valence-electron chi connectivity index (χ2n) is 6.34. The van der Waals surface area contributed by atoms with Crippen molar-refractivity contribution in [3.8, 4) is 0 Å². The predicted octanol–water partition coefficient (Wildman–Crippen LogP) is 3.55. The molecule has 1 unspecified atom stereocenters. The molecule has 24 heavy (non-hydrogen) atoms. The molecule has 6 heteroatoms. The minimum atomic E-state index is -0.879. The van der Waals surface area contributed by atoms with Crippen LogP contribution in [0.4, 0.5) is 0 Å². The first kappa shape index (κ1) is 22.6. The fourth-order valence-corrected chi connectivity index (χ4v) is 2.58. The molecule has 0 amide bonds. The molecule has 0 saturated heterocycles. The van der Waals surface area contributed by atoms with Crippen molar-refractivity contribution in [2.75, 3.05) is 0 Å². The third-order valence-corrected chi connectivity index (χ3v) is 4.05. The lowest BCUT2D eigenvalue weighted by molar-refractivity contribution is -0.138. The first-order chi connectivity index (χ1) is 11.4. The maximum atomic E-state index is 11.8. The fourth-order valence-electron chi connectivity index (χ4n) is 2.58. The Morgan fingerprint density at radius 3 is 1.42 bits per heavy atom. The van der Waals surface area contributed by atoms with Crippen molar-refractivity contribution in [1.29, 1.82) is 0 Å². The van der Waals surface area contributed by atoms with Gasteiger partial charge in [0.2, 0.25) is 0 Å². The van der Waals surface area contributed by atoms with Crippen LogP contribution >= 0.6 is 0 Å². The van der Waals surface area contributed by atoms with Crippen molar-refractivity contribution >= 4 is 17.7 Å². The summed E-state index contributed by atoms with van der Waals surface area (Å²) in [7, 11) is 0. The monoisotopic (exact) mass is 344 g/mol. The molecule has 0 aromatic heterocycles. The maximum absolute atomic E-state index is 11.8. The molecular weight excluding hydrogens is 312 g/mol. The topological polar surface area (TPSA) is 112 Å². The van der Waals surface area contributed by atoms with Gasteiger partial charge in [-0.25, -0.2) is 0 Å². The maximum Gasteiger partial charge on any atom is 0.303 e. The van der Waals surface area contributed by atoms with Crippen LogP contribution in [0, 0.1) is 0 Å². The summed E-state index contributed by atoms with van der Waals surface area (Å²) in [6.07, 6.45) is 8.70. The molecule has 6 nitrogen and oxygen atoms in total. The third kappa shape index (κ3) is 15.5. The predicted molar refractivity (Wildman–Crippen MR) is 90.9 cm³/mol. The highest BCUT2D eigenvalue weighted by Crippen LogP contribution is 2.12. The van der Waals surface area contributed by atoms with Crippen LogP contribution < -0.4 is 0 Å². The molecule has 1 atom stereocenters. The van der Waals surface area contributed by atoms with E-state index in [2.05, 4.69) is 0 Å². The molecular formula is C18H32O6. The number of carbonyl (C=O) groups excluding carboxylic acids is 1. The van der Waals surface area contributed by atoms with Gasteiger partial charge < -0.3 is 15.3 Å². The average molecular weight is 344 g/mol. The summed E-state index contributed by atoms with van der Waals surface area (Å²) in [4.78, 5) is 32.5. The molecule has 0 rings (SSSR count). The number of aliphatic hydroxyl groups excluding tert-OH is 1. The van der Waals surface area contributed by atoms with Crippen molar-refractivity contribution < 1.29 is 29.7 Å². The molecule has 0 aliphatic heterocycles. The number of carboxylic acids is 2. The third-order valence-electron chi connectivity index (χ3n) is 4.05. The average Bonchev–Trinajstić information content (AvgIpc) is 2.51. The number of Topliss-reactive ketones (excluding diaryl/α,β-unsaturated/α-hetero) is 1. The van der Waals surface area contributed by atoms with E-state index in [-0.39, 0.29) is 18.6 Å². The SMILES string of the molecule is O=C(O)CCCCCCCC(=O)C(O)CCCCCCCC(=O)O. The van der Waals surface area contributed by atoms with E-state index in [9.17, 15) is 19.5 Å². The van der Waals surface area contributed by atoms with Gasteiger partial charge in [-0.15, -0.1) is 0 Å². The van der Waals surface area contributed by atoms with Crippen molar-refractivity contribution in [2.45, 2.75) is 96.0 Å². The lowest BCUT2D eigenvalue weighted by atomic mass is 10.0. The largest absolute Gasteiger partial charge is 0.481 e. The van der Waals surface area contributed by atoms with Crippen LogP contribution in [-0.2, 0) is 14.4 Å². The van der Waals surface area contributed by atoms with Crippen molar-refractivity contribution in [3.63, 3.8) is 0 Å². The highest BCUT2D eigenvalue weighted by atomic mass is 16.4. The van der Waals surface area contributed by atoms with E-state index < -0.39 is 18.0 Å². The van der Waals surface area contributed by atoms with Crippen LogP contribution in [-0.4, -0.2) is 39.1 Å². The molecule has 0 heterocycles. The van der Waals surface area contributed by atoms with E-state index >= 15 is 0 Å². The Hall–Kier alpha value is -1.43. The number of hydrogen-bond donors (Lipinski definition) is 3. The number of carbonyl (C=O) groups is 3. The summed E-state index contributed by atoms with van der Waals surface area (Å²) in [5.41, 5.74) is 0. The highest BCUT2D eigenvalue weighted by molar-refractivity contribution is 5.82. The van der Waals surface area contributed by atoms with Crippen LogP contribution in [0.1, 0.15) is 89.9 Å². The Kier molecular flexibility index (Phi) is 14.2. The smallest absolute Gasteiger partial charge is 0.303 e. The van der Waals surface area contributed by atoms with Gasteiger partial charge in [-0.05, 0) is 25.7 Å². The lowest BCUT2D eigenvalue weighted by Gasteiger charge is -2.09. The zero-order valence-corrected chi connectivity index (χ0v) is 14.5. The van der Waals surface area contributed by atoms with Crippen LogP contribution in [0.3, 0.4) is 0 Å². The lowest BCUT2D eigenvalue weighted by Crippen LogP contribution is -2.19. The zero-order chi connectivity index (χ0) is 18.2. The number of aliphatic carboxylic acids is 2. The molecule has 0 bridgehead atoms. The van der Waals surface area contributed by atoms with Gasteiger partial charge in [0.25, 0.3) is 0 Å². The Morgan fingerprint density at radius 1 is 0.583 bits per heavy atom. The second kappa shape index (κ2) is 15.1. The first-order valence-corrected chi connectivity index (χ1v) is 9.08. The number of carboxylic acid groups (broad SMARTS) is 2. The fraction of sp³-hybridized carbons (Fsp3) is 0.833. The summed E-state index contributed by atoms with van der Waals surface area (Å²) in [6.45, 7) is 0. The van der Waals surface area contributed by atoms with Crippen molar-refractivity contribution in [2.24, 2.45) is 0 Å². The van der Waals surface area contributed by atoms with Crippen molar-refractivity contribution in [3.05, 3.63) is 0 Å². The molecule has 0 aromatic carbocycles. The number of aliphatic hydroxyl groups is 1. The minimum absolute atomic E-state index is 0.105. The van der Waals surface area contributed by atoms with E-state index in [0.29, 0.717) is 25.7 Å². The van der Waals surface area contributed by atoms with E-state index in [4.69, 9.17) is 10.2 Å². The van der Waals surface area contributed by atoms with E-state index in [1.165, 1.54) is 0 Å². The van der Waals surface area contributed by atoms with Gasteiger partial charge in [-0.3, -0.25) is 14.4 Å². The summed E-state index contributed by atoms with van der Waals surface area (Å²) in [6, 6.07) is 0. The first-order valence-electron chi connectivity index (χ1n) is 9.08. The van der Waals surface area contributed by atoms with Gasteiger partial charge in [0.05, 0.1) is 0 Å². The second-order valence-corrected chi connectivity index (χ2v) is 6.34. The minimum Gasteiger partial charge on any atom is -0.481 e. The standard InChI is InChI=1S/C18H32O6/c19-15(11-7-3-1-5-9-13-17(21)22)16(20)12-8-4-2-6-10-14-18(23)24/h15,19H,1-14H2,(H,21,22)(H,23,24). The van der Waals surface area contributed by atoms with Crippen molar-refractivity contribution in [1.82, 2.24) is 0 Å². The van der Waals surface area contributed by atoms with Gasteiger partial charge >= 0.3 is 11.9 Å². The van der Waals surface area contributed by atoms with Crippen LogP contribution in [0.15, 0.2) is 0 Å². The molecule has 0 aromatic rings. The summed E-state index contributed by atoms with van der Waals surface area (Å²) >= 11 is 0. The number of rotatable bonds is 17. The Labute approximate surface area is 144 Å². The van der Waals surface area contributed by atoms with E-state index in [1.54, 1.807) is 0 Å². The van der Waals surface area contributed by atoms with Gasteiger partial charge in [0.1, 0.15) is 6.10 Å². The highest BCUT2D eigenvalue weighted by Gasteiger charge is 2.13. The Bertz CT molecular complexity index is 367. The molecule has 0 aliphatic carbocycles. The Morgan fingerprint density at radius 2 is 0.958 bits per heavy atom. The van der Waals surface area contributed by atoms with Gasteiger partial charge in [-0.1, -0.05) is 44.9 Å². The molecule has 0 spiro atoms. The molecule has 0 radical (unpaired) electrons. The Balaban J connectivity index is 3.43. The molecule has 3 N–H and O–H groups in total. The normalized spacial score (nSPS) is 12.0. The van der Waals surface area contributed by atoms with Crippen LogP contribution in [0.5, 0.6) is 0 Å². The number of ketones is 1. The number of hydrogen-bond acceptors (Lipinski definition) is 4. The molecule has 0 aliphatic rings. The quantitative estimate of drug-likeness (QED) is 0.348. The van der Waals surface area contributed by atoms with E-state index in [1.807, 2.05) is 0 Å². The van der Waals surface area contributed by atoms with Gasteiger partial charge in [-0.2, -0.15) is 0 Å². The molecule has 0 fully saturated rings. The molecule has 0 saturated carbocycles. The van der Waals surface area contributed by atoms with Crippen LogP contribution in [0.25, 0.3) is 0 Å². The summed E-state index contributed by atoms with van der Waals surface area (Å²) in [5, 5.41) is 26.8. The summed E-state index contributed by atoms with van der Waals surface area (Å²) in [5.74, 6) is -1.64. The summed E-state index contributed by atoms with van der Waals surface area (Å²) < 4.78 is 0. The van der Waals surface area contributed by atoms with Gasteiger partial charge in [0, 0.05) is 19.3 Å². The molecule has 140 valence electrons.